The molecule has 0 aromatic heterocycles. The van der Waals surface area contributed by atoms with Crippen molar-refractivity contribution in [3.63, 3.8) is 0 Å². The Hall–Kier alpha value is -0.845. The molecule has 0 spiro atoms. The summed E-state index contributed by atoms with van der Waals surface area (Å²) < 4.78 is 32.4. The second-order valence-corrected chi connectivity index (χ2v) is 7.15. The van der Waals surface area contributed by atoms with E-state index in [1.807, 2.05) is 40.7 Å². The smallest absolute Gasteiger partial charge is 0.493 e. The fourth-order valence-corrected chi connectivity index (χ4v) is 2.47. The summed E-state index contributed by atoms with van der Waals surface area (Å²) in [5, 5.41) is 0. The summed E-state index contributed by atoms with van der Waals surface area (Å²) in [6.45, 7) is 9.98. The predicted octanol–water partition coefficient (Wildman–Crippen LogP) is 4.79. The minimum absolute atomic E-state index is 0.474. The number of hydrogen-bond acceptors (Lipinski definition) is 3. The van der Waals surface area contributed by atoms with E-state index in [0.29, 0.717) is 17.9 Å². The van der Waals surface area contributed by atoms with Gasteiger partial charge < -0.3 is 14.0 Å². The first-order valence-electron chi connectivity index (χ1n) is 7.31. The minimum Gasteiger partial charge on any atom is -0.493 e. The average molecular weight is 371 g/mol. The quantitative estimate of drug-likeness (QED) is 0.713. The fraction of sp³-hybridized carbons (Fsp3) is 0.500. The van der Waals surface area contributed by atoms with Gasteiger partial charge in [0.05, 0.1) is 17.8 Å². The van der Waals surface area contributed by atoms with Crippen molar-refractivity contribution < 1.29 is 18.4 Å². The van der Waals surface area contributed by atoms with E-state index < -0.39 is 24.0 Å². The lowest BCUT2D eigenvalue weighted by Gasteiger charge is -2.32. The van der Waals surface area contributed by atoms with E-state index in [1.54, 1.807) is 12.1 Å². The molecule has 0 N–H and O–H groups in total. The Morgan fingerprint density at radius 3 is 2.41 bits per heavy atom. The van der Waals surface area contributed by atoms with Gasteiger partial charge in [-0.05, 0) is 58.9 Å². The number of ether oxygens (including phenoxy) is 1. The molecule has 0 aliphatic carbocycles. The van der Waals surface area contributed by atoms with Gasteiger partial charge in [-0.15, -0.1) is 0 Å². The molecule has 3 nitrogen and oxygen atoms in total. The molecule has 120 valence electrons. The molecule has 0 saturated carbocycles. The van der Waals surface area contributed by atoms with Gasteiger partial charge in [-0.1, -0.05) is 15.9 Å². The third kappa shape index (κ3) is 3.55. The summed E-state index contributed by atoms with van der Waals surface area (Å²) in [5.41, 5.74) is -0.965. The topological polar surface area (TPSA) is 27.7 Å². The lowest BCUT2D eigenvalue weighted by atomic mass is 9.86. The molecular formula is C16H21BBrFO3. The van der Waals surface area contributed by atoms with Crippen molar-refractivity contribution in [2.45, 2.75) is 45.8 Å². The highest BCUT2D eigenvalue weighted by atomic mass is 79.9. The summed E-state index contributed by atoms with van der Waals surface area (Å²) >= 11 is 3.39. The number of rotatable bonds is 4. The normalized spacial score (nSPS) is 20.3. The maximum absolute atomic E-state index is 14.6. The van der Waals surface area contributed by atoms with Crippen molar-refractivity contribution >= 4 is 29.1 Å². The zero-order chi connectivity index (χ0) is 16.5. The van der Waals surface area contributed by atoms with Crippen LogP contribution < -0.4 is 4.74 Å². The van der Waals surface area contributed by atoms with Crippen LogP contribution >= 0.6 is 15.9 Å². The number of benzene rings is 1. The Kier molecular flexibility index (Phi) is 5.04. The van der Waals surface area contributed by atoms with Crippen molar-refractivity contribution in [2.24, 2.45) is 0 Å². The van der Waals surface area contributed by atoms with Crippen LogP contribution in [-0.4, -0.2) is 24.9 Å². The van der Waals surface area contributed by atoms with E-state index in [1.165, 1.54) is 6.08 Å². The predicted molar refractivity (Wildman–Crippen MR) is 90.5 cm³/mol. The third-order valence-electron chi connectivity index (χ3n) is 4.04. The molecule has 1 saturated heterocycles. The standard InChI is InChI=1S/C16H21BBrFO3/c1-6-20-13-8-7-12(18)9-11(13)10-14(19)17-21-15(2,3)16(4,5)22-17/h7-10H,6H2,1-5H3. The number of halogens is 2. The van der Waals surface area contributed by atoms with E-state index in [-0.39, 0.29) is 0 Å². The third-order valence-corrected chi connectivity index (χ3v) is 4.54. The Labute approximate surface area is 140 Å². The maximum atomic E-state index is 14.6. The van der Waals surface area contributed by atoms with Crippen LogP contribution in [0.1, 0.15) is 40.2 Å². The van der Waals surface area contributed by atoms with Gasteiger partial charge >= 0.3 is 7.12 Å². The van der Waals surface area contributed by atoms with E-state index in [9.17, 15) is 4.39 Å². The van der Waals surface area contributed by atoms with Crippen LogP contribution in [0, 0.1) is 0 Å². The van der Waals surface area contributed by atoms with Gasteiger partial charge in [0, 0.05) is 10.0 Å². The summed E-state index contributed by atoms with van der Waals surface area (Å²) in [5.74, 6) is 0.623. The fourth-order valence-electron chi connectivity index (χ4n) is 2.09. The van der Waals surface area contributed by atoms with Gasteiger partial charge in [-0.2, -0.15) is 0 Å². The molecule has 0 unspecified atom stereocenters. The van der Waals surface area contributed by atoms with Gasteiger partial charge in [-0.25, -0.2) is 4.39 Å². The van der Waals surface area contributed by atoms with Crippen LogP contribution in [0.3, 0.4) is 0 Å². The molecule has 1 aliphatic heterocycles. The Morgan fingerprint density at radius 2 is 1.86 bits per heavy atom. The largest absolute Gasteiger partial charge is 0.525 e. The molecule has 0 amide bonds. The Morgan fingerprint density at radius 1 is 1.27 bits per heavy atom. The monoisotopic (exact) mass is 370 g/mol. The second kappa shape index (κ2) is 6.34. The van der Waals surface area contributed by atoms with Crippen molar-refractivity contribution in [3.05, 3.63) is 34.0 Å². The van der Waals surface area contributed by atoms with Crippen molar-refractivity contribution in [1.29, 1.82) is 0 Å². The number of hydrogen-bond donors (Lipinski definition) is 0. The van der Waals surface area contributed by atoms with Gasteiger partial charge in [-0.3, -0.25) is 0 Å². The lowest BCUT2D eigenvalue weighted by molar-refractivity contribution is 0.00578. The van der Waals surface area contributed by atoms with E-state index >= 15 is 0 Å². The first kappa shape index (κ1) is 17.5. The van der Waals surface area contributed by atoms with Crippen LogP contribution in [0.25, 0.3) is 6.08 Å². The van der Waals surface area contributed by atoms with Gasteiger partial charge in [0.2, 0.25) is 0 Å². The molecular weight excluding hydrogens is 350 g/mol. The SMILES string of the molecule is CCOc1ccc(Br)cc1C=C(F)B1OC(C)(C)C(C)(C)O1. The van der Waals surface area contributed by atoms with E-state index in [0.717, 1.165) is 4.47 Å². The van der Waals surface area contributed by atoms with Crippen LogP contribution in [-0.2, 0) is 9.31 Å². The van der Waals surface area contributed by atoms with Crippen LogP contribution in [0.5, 0.6) is 5.75 Å². The average Bonchev–Trinajstić information content (AvgIpc) is 2.62. The molecule has 6 heteroatoms. The van der Waals surface area contributed by atoms with E-state index in [2.05, 4.69) is 15.9 Å². The summed E-state index contributed by atoms with van der Waals surface area (Å²) in [4.78, 5) is 0. The molecule has 1 fully saturated rings. The summed E-state index contributed by atoms with van der Waals surface area (Å²) in [6.07, 6.45) is 1.40. The zero-order valence-corrected chi connectivity index (χ0v) is 15.2. The molecule has 1 heterocycles. The molecule has 0 radical (unpaired) electrons. The molecule has 22 heavy (non-hydrogen) atoms. The first-order chi connectivity index (χ1) is 10.2. The van der Waals surface area contributed by atoms with Crippen LogP contribution in [0.4, 0.5) is 4.39 Å². The second-order valence-electron chi connectivity index (χ2n) is 6.23. The van der Waals surface area contributed by atoms with Crippen LogP contribution in [0.15, 0.2) is 28.4 Å². The van der Waals surface area contributed by atoms with Crippen LogP contribution in [0.2, 0.25) is 0 Å². The van der Waals surface area contributed by atoms with Gasteiger partial charge in [0.15, 0.2) is 0 Å². The Bertz CT molecular complexity index is 571. The minimum atomic E-state index is -1.00. The summed E-state index contributed by atoms with van der Waals surface area (Å²) in [7, 11) is -1.00. The maximum Gasteiger partial charge on any atom is 0.525 e. The highest BCUT2D eigenvalue weighted by molar-refractivity contribution is 9.10. The van der Waals surface area contributed by atoms with Gasteiger partial charge in [0.25, 0.3) is 0 Å². The molecule has 1 aromatic carbocycles. The zero-order valence-electron chi connectivity index (χ0n) is 13.6. The highest BCUT2D eigenvalue weighted by Gasteiger charge is 2.53. The molecule has 2 rings (SSSR count). The van der Waals surface area contributed by atoms with Gasteiger partial charge in [0.1, 0.15) is 11.5 Å². The molecule has 1 aromatic rings. The molecule has 0 bridgehead atoms. The first-order valence-corrected chi connectivity index (χ1v) is 8.10. The Balaban J connectivity index is 2.29. The van der Waals surface area contributed by atoms with Crippen molar-refractivity contribution in [2.75, 3.05) is 6.61 Å². The van der Waals surface area contributed by atoms with Crippen molar-refractivity contribution in [3.8, 4) is 5.75 Å². The van der Waals surface area contributed by atoms with E-state index in [4.69, 9.17) is 14.0 Å². The van der Waals surface area contributed by atoms with Crippen molar-refractivity contribution in [1.82, 2.24) is 0 Å². The molecule has 0 atom stereocenters. The molecule has 1 aliphatic rings. The highest BCUT2D eigenvalue weighted by Crippen LogP contribution is 2.39. The summed E-state index contributed by atoms with van der Waals surface area (Å²) in [6, 6.07) is 5.46. The lowest BCUT2D eigenvalue weighted by Crippen LogP contribution is -2.41.